The summed E-state index contributed by atoms with van der Waals surface area (Å²) in [6.45, 7) is 4.27. The summed E-state index contributed by atoms with van der Waals surface area (Å²) in [6, 6.07) is 2.10. The van der Waals surface area contributed by atoms with Crippen molar-refractivity contribution in [3.8, 4) is 0 Å². The van der Waals surface area contributed by atoms with Crippen LogP contribution in [0.3, 0.4) is 0 Å². The molecule has 0 saturated carbocycles. The third kappa shape index (κ3) is 5.19. The van der Waals surface area contributed by atoms with Gasteiger partial charge in [-0.05, 0) is 55.3 Å². The number of rotatable bonds is 5. The minimum absolute atomic E-state index is 0. The fourth-order valence-corrected chi connectivity index (χ4v) is 4.17. The highest BCUT2D eigenvalue weighted by Gasteiger charge is 2.22. The monoisotopic (exact) mass is 371 g/mol. The number of carbonyl (C=O) groups is 2. The van der Waals surface area contributed by atoms with E-state index in [0.717, 1.165) is 32.6 Å². The average molecular weight is 372 g/mol. The zero-order valence-corrected chi connectivity index (χ0v) is 15.5. The second-order valence-corrected chi connectivity index (χ2v) is 7.45. The third-order valence-electron chi connectivity index (χ3n) is 4.71. The molecule has 0 aliphatic carbocycles. The SMILES string of the molecule is Cl.O=C(CCC(=O)N1CCc2sccc2C1)NCC1CCCNC1. The van der Waals surface area contributed by atoms with Crippen LogP contribution >= 0.6 is 23.7 Å². The van der Waals surface area contributed by atoms with E-state index in [4.69, 9.17) is 0 Å². The molecule has 1 fully saturated rings. The summed E-state index contributed by atoms with van der Waals surface area (Å²) in [5.74, 6) is 0.621. The Morgan fingerprint density at radius 1 is 1.38 bits per heavy atom. The van der Waals surface area contributed by atoms with Crippen LogP contribution in [0.4, 0.5) is 0 Å². The van der Waals surface area contributed by atoms with E-state index in [-0.39, 0.29) is 24.2 Å². The number of hydrogen-bond acceptors (Lipinski definition) is 4. The van der Waals surface area contributed by atoms with Crippen LogP contribution in [0.25, 0.3) is 0 Å². The van der Waals surface area contributed by atoms with Crippen molar-refractivity contribution in [2.45, 2.75) is 38.6 Å². The Kier molecular flexibility index (Phi) is 7.52. The Balaban J connectivity index is 0.00000208. The maximum Gasteiger partial charge on any atom is 0.223 e. The number of amides is 2. The molecule has 2 aliphatic heterocycles. The van der Waals surface area contributed by atoms with Gasteiger partial charge in [-0.3, -0.25) is 9.59 Å². The molecule has 1 aromatic heterocycles. The van der Waals surface area contributed by atoms with Crippen LogP contribution in [0.2, 0.25) is 0 Å². The molecule has 3 rings (SSSR count). The first-order valence-electron chi connectivity index (χ1n) is 8.53. The van der Waals surface area contributed by atoms with Crippen molar-refractivity contribution in [3.05, 3.63) is 21.9 Å². The minimum atomic E-state index is -0.00263. The Morgan fingerprint density at radius 2 is 2.25 bits per heavy atom. The summed E-state index contributed by atoms with van der Waals surface area (Å²) in [7, 11) is 0. The summed E-state index contributed by atoms with van der Waals surface area (Å²) in [5.41, 5.74) is 1.27. The lowest BCUT2D eigenvalue weighted by atomic mass is 10.00. The normalized spacial score (nSPS) is 20.0. The molecule has 0 aromatic carbocycles. The highest BCUT2D eigenvalue weighted by Crippen LogP contribution is 2.24. The van der Waals surface area contributed by atoms with Gasteiger partial charge in [-0.15, -0.1) is 23.7 Å². The Bertz CT molecular complexity index is 558. The highest BCUT2D eigenvalue weighted by atomic mass is 35.5. The molecule has 2 amide bonds. The zero-order chi connectivity index (χ0) is 16.1. The molecule has 1 aromatic rings. The molecule has 1 atom stereocenters. The molecule has 0 bridgehead atoms. The quantitative estimate of drug-likeness (QED) is 0.831. The summed E-state index contributed by atoms with van der Waals surface area (Å²) < 4.78 is 0. The van der Waals surface area contributed by atoms with Gasteiger partial charge in [-0.25, -0.2) is 0 Å². The fourth-order valence-electron chi connectivity index (χ4n) is 3.28. The maximum absolute atomic E-state index is 12.3. The molecule has 1 unspecified atom stereocenters. The lowest BCUT2D eigenvalue weighted by molar-refractivity contribution is -0.134. The number of thiophene rings is 1. The maximum atomic E-state index is 12.3. The molecular weight excluding hydrogens is 346 g/mol. The van der Waals surface area contributed by atoms with E-state index in [1.807, 2.05) is 4.90 Å². The van der Waals surface area contributed by atoms with Crippen LogP contribution < -0.4 is 10.6 Å². The first-order valence-corrected chi connectivity index (χ1v) is 9.41. The third-order valence-corrected chi connectivity index (χ3v) is 5.74. The van der Waals surface area contributed by atoms with Crippen molar-refractivity contribution >= 4 is 35.6 Å². The fraction of sp³-hybridized carbons (Fsp3) is 0.647. The molecule has 2 N–H and O–H groups in total. The Hall–Kier alpha value is -1.11. The van der Waals surface area contributed by atoms with Gasteiger partial charge in [0.25, 0.3) is 0 Å². The summed E-state index contributed by atoms with van der Waals surface area (Å²) >= 11 is 1.77. The number of fused-ring (bicyclic) bond motifs is 1. The number of hydrogen-bond donors (Lipinski definition) is 2. The van der Waals surface area contributed by atoms with Gasteiger partial charge in [0.1, 0.15) is 0 Å². The lowest BCUT2D eigenvalue weighted by Crippen LogP contribution is -2.39. The average Bonchev–Trinajstić information content (AvgIpc) is 3.06. The van der Waals surface area contributed by atoms with Crippen molar-refractivity contribution < 1.29 is 9.59 Å². The van der Waals surface area contributed by atoms with Crippen LogP contribution in [-0.2, 0) is 22.6 Å². The molecular formula is C17H26ClN3O2S. The van der Waals surface area contributed by atoms with E-state index in [2.05, 4.69) is 22.1 Å². The standard InChI is InChI=1S/C17H25N3O2S.ClH/c21-16(19-11-13-2-1-7-18-10-13)3-4-17(22)20-8-5-15-14(12-20)6-9-23-15;/h6,9,13,18H,1-5,7-8,10-12H2,(H,19,21);1H. The van der Waals surface area contributed by atoms with E-state index >= 15 is 0 Å². The first kappa shape index (κ1) is 19.2. The van der Waals surface area contributed by atoms with Crippen molar-refractivity contribution in [3.63, 3.8) is 0 Å². The Labute approximate surface area is 153 Å². The molecule has 134 valence electrons. The molecule has 24 heavy (non-hydrogen) atoms. The van der Waals surface area contributed by atoms with Gasteiger partial charge in [-0.1, -0.05) is 0 Å². The van der Waals surface area contributed by atoms with Crippen molar-refractivity contribution in [2.75, 3.05) is 26.2 Å². The van der Waals surface area contributed by atoms with Crippen LogP contribution in [0.1, 0.15) is 36.1 Å². The number of piperidine rings is 1. The van der Waals surface area contributed by atoms with E-state index in [9.17, 15) is 9.59 Å². The lowest BCUT2D eigenvalue weighted by Gasteiger charge is -2.27. The predicted molar refractivity (Wildman–Crippen MR) is 98.5 cm³/mol. The van der Waals surface area contributed by atoms with Crippen LogP contribution in [0.15, 0.2) is 11.4 Å². The molecule has 0 spiro atoms. The van der Waals surface area contributed by atoms with Gasteiger partial charge >= 0.3 is 0 Å². The van der Waals surface area contributed by atoms with Gasteiger partial charge in [0.05, 0.1) is 0 Å². The first-order chi connectivity index (χ1) is 11.2. The molecule has 2 aliphatic rings. The number of nitrogens with zero attached hydrogens (tertiary/aromatic N) is 1. The molecule has 5 nitrogen and oxygen atoms in total. The van der Waals surface area contributed by atoms with Crippen molar-refractivity contribution in [1.29, 1.82) is 0 Å². The highest BCUT2D eigenvalue weighted by molar-refractivity contribution is 7.10. The predicted octanol–water partition coefficient (Wildman–Crippen LogP) is 1.95. The van der Waals surface area contributed by atoms with E-state index in [0.29, 0.717) is 25.3 Å². The second-order valence-electron chi connectivity index (χ2n) is 6.45. The molecule has 0 radical (unpaired) electrons. The van der Waals surface area contributed by atoms with Gasteiger partial charge in [0.15, 0.2) is 0 Å². The molecule has 1 saturated heterocycles. The van der Waals surface area contributed by atoms with Crippen molar-refractivity contribution in [2.24, 2.45) is 5.92 Å². The Morgan fingerprint density at radius 3 is 3.04 bits per heavy atom. The number of carbonyl (C=O) groups excluding carboxylic acids is 2. The topological polar surface area (TPSA) is 61.4 Å². The number of nitrogens with one attached hydrogen (secondary N) is 2. The van der Waals surface area contributed by atoms with Gasteiger partial charge < -0.3 is 15.5 Å². The van der Waals surface area contributed by atoms with Crippen LogP contribution in [-0.4, -0.2) is 42.9 Å². The van der Waals surface area contributed by atoms with E-state index in [1.54, 1.807) is 11.3 Å². The number of halogens is 1. The molecule has 3 heterocycles. The van der Waals surface area contributed by atoms with Gasteiger partial charge in [-0.2, -0.15) is 0 Å². The zero-order valence-electron chi connectivity index (χ0n) is 13.9. The summed E-state index contributed by atoms with van der Waals surface area (Å²) in [6.07, 6.45) is 3.90. The summed E-state index contributed by atoms with van der Waals surface area (Å²) in [4.78, 5) is 27.5. The minimum Gasteiger partial charge on any atom is -0.356 e. The molecule has 7 heteroatoms. The van der Waals surface area contributed by atoms with Crippen LogP contribution in [0, 0.1) is 5.92 Å². The second kappa shape index (κ2) is 9.39. The van der Waals surface area contributed by atoms with Crippen LogP contribution in [0.5, 0.6) is 0 Å². The van der Waals surface area contributed by atoms with E-state index in [1.165, 1.54) is 23.3 Å². The van der Waals surface area contributed by atoms with Crippen molar-refractivity contribution in [1.82, 2.24) is 15.5 Å². The smallest absolute Gasteiger partial charge is 0.223 e. The van der Waals surface area contributed by atoms with Gasteiger partial charge in [0, 0.05) is 37.4 Å². The van der Waals surface area contributed by atoms with Gasteiger partial charge in [0.2, 0.25) is 11.8 Å². The summed E-state index contributed by atoms with van der Waals surface area (Å²) in [5, 5.41) is 8.41. The largest absolute Gasteiger partial charge is 0.356 e. The van der Waals surface area contributed by atoms with E-state index < -0.39 is 0 Å².